The van der Waals surface area contributed by atoms with Crippen molar-refractivity contribution in [2.75, 3.05) is 7.11 Å². The third-order valence-electron chi connectivity index (χ3n) is 2.68. The van der Waals surface area contributed by atoms with Gasteiger partial charge in [0.2, 0.25) is 0 Å². The Hall–Kier alpha value is -2.17. The molecule has 5 heteroatoms. The number of hydrogen-bond donors (Lipinski definition) is 0. The number of ketones is 1. The Labute approximate surface area is 104 Å². The van der Waals surface area contributed by atoms with Gasteiger partial charge in [-0.25, -0.2) is 4.39 Å². The van der Waals surface area contributed by atoms with Crippen molar-refractivity contribution in [1.82, 2.24) is 9.78 Å². The van der Waals surface area contributed by atoms with Crippen LogP contribution in [-0.4, -0.2) is 22.7 Å². The minimum Gasteiger partial charge on any atom is -0.497 e. The third kappa shape index (κ3) is 2.11. The monoisotopic (exact) mass is 248 g/mol. The number of carbonyl (C=O) groups excluding carboxylic acids is 1. The Kier molecular flexibility index (Phi) is 3.14. The average Bonchev–Trinajstić information content (AvgIpc) is 2.67. The number of nitrogens with zero attached hydrogens (tertiary/aromatic N) is 2. The van der Waals surface area contributed by atoms with Crippen LogP contribution in [0.4, 0.5) is 4.39 Å². The van der Waals surface area contributed by atoms with E-state index in [4.69, 9.17) is 4.74 Å². The van der Waals surface area contributed by atoms with Crippen molar-refractivity contribution >= 4 is 5.78 Å². The Morgan fingerprint density at radius 3 is 2.61 bits per heavy atom. The summed E-state index contributed by atoms with van der Waals surface area (Å²) >= 11 is 0. The first-order valence-electron chi connectivity index (χ1n) is 5.41. The van der Waals surface area contributed by atoms with Crippen molar-refractivity contribution in [3.05, 3.63) is 47.0 Å². The molecule has 0 aliphatic rings. The second kappa shape index (κ2) is 4.60. The van der Waals surface area contributed by atoms with E-state index < -0.39 is 5.82 Å². The first-order valence-corrected chi connectivity index (χ1v) is 5.41. The van der Waals surface area contributed by atoms with Gasteiger partial charge in [0.05, 0.1) is 23.9 Å². The van der Waals surface area contributed by atoms with E-state index in [0.717, 1.165) is 0 Å². The Bertz CT molecular complexity index is 605. The molecule has 1 heterocycles. The average molecular weight is 248 g/mol. The van der Waals surface area contributed by atoms with E-state index in [1.54, 1.807) is 26.2 Å². The zero-order chi connectivity index (χ0) is 13.3. The molecule has 0 radical (unpaired) electrons. The highest BCUT2D eigenvalue weighted by Gasteiger charge is 2.18. The number of halogens is 1. The van der Waals surface area contributed by atoms with Crippen LogP contribution in [0.1, 0.15) is 21.6 Å². The lowest BCUT2D eigenvalue weighted by Crippen LogP contribution is -2.05. The minimum atomic E-state index is -0.595. The summed E-state index contributed by atoms with van der Waals surface area (Å²) < 4.78 is 20.2. The third-order valence-corrected chi connectivity index (χ3v) is 2.68. The summed E-state index contributed by atoms with van der Waals surface area (Å²) in [6.07, 6.45) is 1.58. The summed E-state index contributed by atoms with van der Waals surface area (Å²) in [5.74, 6) is -0.588. The zero-order valence-corrected chi connectivity index (χ0v) is 10.4. The minimum absolute atomic E-state index is 0.0203. The van der Waals surface area contributed by atoms with Gasteiger partial charge in [-0.3, -0.25) is 9.48 Å². The van der Waals surface area contributed by atoms with Crippen LogP contribution < -0.4 is 4.74 Å². The summed E-state index contributed by atoms with van der Waals surface area (Å²) in [5.41, 5.74) is 1.01. The lowest BCUT2D eigenvalue weighted by molar-refractivity contribution is 0.103. The van der Waals surface area contributed by atoms with Gasteiger partial charge in [0, 0.05) is 19.3 Å². The number of methoxy groups -OCH3 is 1. The molecule has 4 nitrogen and oxygen atoms in total. The lowest BCUT2D eigenvalue weighted by atomic mass is 10.0. The van der Waals surface area contributed by atoms with E-state index in [0.29, 0.717) is 17.0 Å². The maximum atomic E-state index is 13.8. The number of hydrogen-bond acceptors (Lipinski definition) is 3. The smallest absolute Gasteiger partial charge is 0.199 e. The van der Waals surface area contributed by atoms with Crippen molar-refractivity contribution in [2.24, 2.45) is 7.05 Å². The second-order valence-corrected chi connectivity index (χ2v) is 3.98. The summed E-state index contributed by atoms with van der Waals surface area (Å²) in [4.78, 5) is 12.2. The second-order valence-electron chi connectivity index (χ2n) is 3.98. The predicted octanol–water partition coefficient (Wildman–Crippen LogP) is 2.11. The molecular weight excluding hydrogens is 235 g/mol. The number of carbonyl (C=O) groups is 1. The van der Waals surface area contributed by atoms with Gasteiger partial charge in [0.25, 0.3) is 0 Å². The van der Waals surface area contributed by atoms with Gasteiger partial charge in [-0.1, -0.05) is 0 Å². The molecule has 94 valence electrons. The molecule has 2 rings (SSSR count). The normalized spacial score (nSPS) is 10.4. The fourth-order valence-electron chi connectivity index (χ4n) is 1.77. The molecule has 1 aromatic heterocycles. The highest BCUT2D eigenvalue weighted by molar-refractivity contribution is 6.09. The summed E-state index contributed by atoms with van der Waals surface area (Å²) in [7, 11) is 3.16. The van der Waals surface area contributed by atoms with Crippen LogP contribution in [0.2, 0.25) is 0 Å². The molecule has 0 fully saturated rings. The van der Waals surface area contributed by atoms with Crippen molar-refractivity contribution in [2.45, 2.75) is 6.92 Å². The van der Waals surface area contributed by atoms with Crippen LogP contribution in [0.25, 0.3) is 0 Å². The number of aromatic nitrogens is 2. The first kappa shape index (κ1) is 12.3. The molecule has 0 saturated carbocycles. The van der Waals surface area contributed by atoms with E-state index in [1.165, 1.54) is 23.9 Å². The summed E-state index contributed by atoms with van der Waals surface area (Å²) in [5, 5.41) is 4.07. The molecule has 0 aliphatic heterocycles. The molecule has 0 atom stereocenters. The zero-order valence-electron chi connectivity index (χ0n) is 10.4. The Morgan fingerprint density at radius 2 is 2.11 bits per heavy atom. The fourth-order valence-corrected chi connectivity index (χ4v) is 1.77. The van der Waals surface area contributed by atoms with Gasteiger partial charge in [-0.2, -0.15) is 5.10 Å². The predicted molar refractivity (Wildman–Crippen MR) is 64.3 cm³/mol. The van der Waals surface area contributed by atoms with E-state index in [1.807, 2.05) is 0 Å². The number of rotatable bonds is 3. The van der Waals surface area contributed by atoms with Crippen molar-refractivity contribution < 1.29 is 13.9 Å². The molecule has 0 saturated heterocycles. The van der Waals surface area contributed by atoms with Gasteiger partial charge < -0.3 is 4.74 Å². The van der Waals surface area contributed by atoms with Crippen LogP contribution in [0, 0.1) is 12.7 Å². The highest BCUT2D eigenvalue weighted by atomic mass is 19.1. The van der Waals surface area contributed by atoms with Crippen molar-refractivity contribution in [3.63, 3.8) is 0 Å². The number of benzene rings is 1. The fraction of sp³-hybridized carbons (Fsp3) is 0.231. The van der Waals surface area contributed by atoms with Crippen LogP contribution in [-0.2, 0) is 7.05 Å². The van der Waals surface area contributed by atoms with Gasteiger partial charge in [0.1, 0.15) is 11.6 Å². The Balaban J connectivity index is 2.43. The van der Waals surface area contributed by atoms with Crippen LogP contribution >= 0.6 is 0 Å². The van der Waals surface area contributed by atoms with Crippen molar-refractivity contribution in [3.8, 4) is 5.75 Å². The topological polar surface area (TPSA) is 44.1 Å². The number of ether oxygens (including phenoxy) is 1. The molecule has 2 aromatic rings. The van der Waals surface area contributed by atoms with Gasteiger partial charge in [-0.15, -0.1) is 0 Å². The van der Waals surface area contributed by atoms with Crippen molar-refractivity contribution in [1.29, 1.82) is 0 Å². The Morgan fingerprint density at radius 1 is 1.39 bits per heavy atom. The standard InChI is InChI=1S/C13H13FN2O2/c1-8-11(7-16(2)15-8)13(17)10-5-4-9(18-3)6-12(10)14/h4-7H,1-3H3. The summed E-state index contributed by atoms with van der Waals surface area (Å²) in [6.45, 7) is 1.72. The van der Waals surface area contributed by atoms with E-state index in [2.05, 4.69) is 5.10 Å². The molecule has 1 aromatic carbocycles. The maximum Gasteiger partial charge on any atom is 0.199 e. The molecular formula is C13H13FN2O2. The van der Waals surface area contributed by atoms with Crippen LogP contribution in [0.3, 0.4) is 0 Å². The molecule has 0 spiro atoms. The molecule has 18 heavy (non-hydrogen) atoms. The maximum absolute atomic E-state index is 13.8. The van der Waals surface area contributed by atoms with Crippen LogP contribution in [0.5, 0.6) is 5.75 Å². The molecule has 0 amide bonds. The molecule has 0 unspecified atom stereocenters. The van der Waals surface area contributed by atoms with Gasteiger partial charge in [0.15, 0.2) is 5.78 Å². The van der Waals surface area contributed by atoms with Gasteiger partial charge >= 0.3 is 0 Å². The van der Waals surface area contributed by atoms with Crippen LogP contribution in [0.15, 0.2) is 24.4 Å². The van der Waals surface area contributed by atoms with E-state index in [9.17, 15) is 9.18 Å². The molecule has 0 bridgehead atoms. The van der Waals surface area contributed by atoms with E-state index >= 15 is 0 Å². The molecule has 0 aliphatic carbocycles. The molecule has 0 N–H and O–H groups in total. The number of aryl methyl sites for hydroxylation is 2. The lowest BCUT2D eigenvalue weighted by Gasteiger charge is -2.04. The highest BCUT2D eigenvalue weighted by Crippen LogP contribution is 2.20. The van der Waals surface area contributed by atoms with E-state index in [-0.39, 0.29) is 11.3 Å². The quantitative estimate of drug-likeness (QED) is 0.781. The summed E-state index contributed by atoms with van der Waals surface area (Å²) in [6, 6.07) is 4.17. The van der Waals surface area contributed by atoms with Gasteiger partial charge in [-0.05, 0) is 19.1 Å². The SMILES string of the molecule is COc1ccc(C(=O)c2cn(C)nc2C)c(F)c1. The largest absolute Gasteiger partial charge is 0.497 e. The first-order chi connectivity index (χ1) is 8.52.